The molecule has 4 rings (SSSR count). The van der Waals surface area contributed by atoms with Crippen LogP contribution in [0.4, 0.5) is 0 Å². The highest BCUT2D eigenvalue weighted by Gasteiger charge is 2.35. The van der Waals surface area contributed by atoms with Crippen molar-refractivity contribution in [1.82, 2.24) is 14.1 Å². The molecule has 0 saturated carbocycles. The van der Waals surface area contributed by atoms with Gasteiger partial charge in [-0.25, -0.2) is 8.42 Å². The van der Waals surface area contributed by atoms with Gasteiger partial charge in [-0.3, -0.25) is 9.69 Å². The average Bonchev–Trinajstić information content (AvgIpc) is 2.85. The van der Waals surface area contributed by atoms with Gasteiger partial charge in [0.25, 0.3) is 0 Å². The number of amides is 1. The largest absolute Gasteiger partial charge is 0.340 e. The maximum atomic E-state index is 13.2. The van der Waals surface area contributed by atoms with Crippen molar-refractivity contribution >= 4 is 33.6 Å². The number of sulfonamides is 1. The summed E-state index contributed by atoms with van der Waals surface area (Å²) in [4.78, 5) is 17.6. The van der Waals surface area contributed by atoms with Crippen molar-refractivity contribution in [1.29, 1.82) is 0 Å². The molecule has 0 unspecified atom stereocenters. The van der Waals surface area contributed by atoms with Gasteiger partial charge in [-0.1, -0.05) is 54.1 Å². The fourth-order valence-corrected chi connectivity index (χ4v) is 6.08. The van der Waals surface area contributed by atoms with Gasteiger partial charge in [0.2, 0.25) is 15.9 Å². The molecule has 0 aromatic heterocycles. The monoisotopic (exact) mass is 487 g/mol. The lowest BCUT2D eigenvalue weighted by Gasteiger charge is -2.38. The third-order valence-corrected chi connectivity index (χ3v) is 8.47. The standard InChI is InChI=1S/C25H30ClN3O3S/c26-23-10-12-24(13-11-23)33(31,32)29-15-5-9-22(20-29)25(30)28-18-16-27(17-19-28)14-4-8-21-6-2-1-3-7-21/h1-4,6-8,10-13,22H,5,9,14-20H2/b8-4+/t22-/m0/s1. The van der Waals surface area contributed by atoms with Gasteiger partial charge in [0.05, 0.1) is 10.8 Å². The number of hydrogen-bond donors (Lipinski definition) is 0. The van der Waals surface area contributed by atoms with Gasteiger partial charge in [-0.2, -0.15) is 4.31 Å². The van der Waals surface area contributed by atoms with Gasteiger partial charge in [0.15, 0.2) is 0 Å². The summed E-state index contributed by atoms with van der Waals surface area (Å²) in [7, 11) is -3.63. The van der Waals surface area contributed by atoms with E-state index >= 15 is 0 Å². The molecule has 2 aliphatic rings. The molecule has 0 aliphatic carbocycles. The molecule has 1 atom stereocenters. The summed E-state index contributed by atoms with van der Waals surface area (Å²) < 4.78 is 27.5. The summed E-state index contributed by atoms with van der Waals surface area (Å²) in [5.41, 5.74) is 1.18. The van der Waals surface area contributed by atoms with Crippen LogP contribution >= 0.6 is 11.6 Å². The third-order valence-electron chi connectivity index (χ3n) is 6.34. The number of benzene rings is 2. The minimum atomic E-state index is -3.63. The van der Waals surface area contributed by atoms with Crippen molar-refractivity contribution in [2.75, 3.05) is 45.8 Å². The highest BCUT2D eigenvalue weighted by molar-refractivity contribution is 7.89. The van der Waals surface area contributed by atoms with Crippen LogP contribution in [0, 0.1) is 5.92 Å². The van der Waals surface area contributed by atoms with Crippen molar-refractivity contribution in [3.05, 3.63) is 71.3 Å². The van der Waals surface area contributed by atoms with E-state index in [-0.39, 0.29) is 23.3 Å². The van der Waals surface area contributed by atoms with Crippen molar-refractivity contribution in [3.63, 3.8) is 0 Å². The molecule has 2 aromatic rings. The van der Waals surface area contributed by atoms with Crippen molar-refractivity contribution in [2.45, 2.75) is 17.7 Å². The lowest BCUT2D eigenvalue weighted by molar-refractivity contribution is -0.138. The number of nitrogens with zero attached hydrogens (tertiary/aromatic N) is 3. The van der Waals surface area contributed by atoms with E-state index in [2.05, 4.69) is 29.2 Å². The number of piperidine rings is 1. The smallest absolute Gasteiger partial charge is 0.243 e. The minimum Gasteiger partial charge on any atom is -0.340 e. The van der Waals surface area contributed by atoms with E-state index in [4.69, 9.17) is 11.6 Å². The number of carbonyl (C=O) groups excluding carboxylic acids is 1. The van der Waals surface area contributed by atoms with Crippen LogP contribution in [0.15, 0.2) is 65.6 Å². The SMILES string of the molecule is O=C([C@H]1CCCN(S(=O)(=O)c2ccc(Cl)cc2)C1)N1CCN(C/C=C/c2ccccc2)CC1. The Balaban J connectivity index is 1.29. The molecular weight excluding hydrogens is 458 g/mol. The first-order chi connectivity index (χ1) is 15.9. The zero-order valence-electron chi connectivity index (χ0n) is 18.6. The summed E-state index contributed by atoms with van der Waals surface area (Å²) in [5, 5.41) is 0.496. The van der Waals surface area contributed by atoms with E-state index in [1.165, 1.54) is 22.0 Å². The number of piperazine rings is 1. The van der Waals surface area contributed by atoms with Gasteiger partial charge in [-0.05, 0) is 42.7 Å². The molecule has 1 amide bonds. The molecule has 2 aromatic carbocycles. The van der Waals surface area contributed by atoms with E-state index < -0.39 is 10.0 Å². The van der Waals surface area contributed by atoms with E-state index in [1.54, 1.807) is 12.1 Å². The number of halogens is 1. The van der Waals surface area contributed by atoms with Crippen LogP contribution in [0.3, 0.4) is 0 Å². The molecule has 33 heavy (non-hydrogen) atoms. The van der Waals surface area contributed by atoms with Crippen LogP contribution < -0.4 is 0 Å². The Bertz CT molecular complexity index is 1070. The van der Waals surface area contributed by atoms with Crippen molar-refractivity contribution in [3.8, 4) is 0 Å². The predicted molar refractivity (Wildman–Crippen MR) is 131 cm³/mol. The van der Waals surface area contributed by atoms with Crippen molar-refractivity contribution < 1.29 is 13.2 Å². The first kappa shape index (κ1) is 24.0. The first-order valence-corrected chi connectivity index (χ1v) is 13.2. The molecule has 6 nitrogen and oxygen atoms in total. The van der Waals surface area contributed by atoms with Crippen LogP contribution in [0.5, 0.6) is 0 Å². The third kappa shape index (κ3) is 6.03. The second-order valence-corrected chi connectivity index (χ2v) is 11.0. The highest BCUT2D eigenvalue weighted by Crippen LogP contribution is 2.26. The second-order valence-electron chi connectivity index (χ2n) is 8.60. The molecule has 0 spiro atoms. The lowest BCUT2D eigenvalue weighted by Crippen LogP contribution is -2.53. The molecule has 0 radical (unpaired) electrons. The Labute approximate surface area is 201 Å². The molecule has 2 fully saturated rings. The molecule has 176 valence electrons. The molecule has 0 N–H and O–H groups in total. The molecule has 2 heterocycles. The van der Waals surface area contributed by atoms with E-state index in [0.29, 0.717) is 31.1 Å². The van der Waals surface area contributed by atoms with Gasteiger partial charge in [-0.15, -0.1) is 0 Å². The van der Waals surface area contributed by atoms with Crippen LogP contribution in [0.1, 0.15) is 18.4 Å². The summed E-state index contributed by atoms with van der Waals surface area (Å²) in [6.45, 7) is 4.54. The van der Waals surface area contributed by atoms with Gasteiger partial charge in [0, 0.05) is 50.8 Å². The zero-order valence-corrected chi connectivity index (χ0v) is 20.2. The van der Waals surface area contributed by atoms with Gasteiger partial charge >= 0.3 is 0 Å². The lowest BCUT2D eigenvalue weighted by atomic mass is 9.98. The van der Waals surface area contributed by atoms with Crippen molar-refractivity contribution in [2.24, 2.45) is 5.92 Å². The van der Waals surface area contributed by atoms with Crippen LogP contribution in [0.25, 0.3) is 6.08 Å². The quantitative estimate of drug-likeness (QED) is 0.624. The van der Waals surface area contributed by atoms with Gasteiger partial charge < -0.3 is 4.90 Å². The van der Waals surface area contributed by atoms with E-state index in [9.17, 15) is 13.2 Å². The minimum absolute atomic E-state index is 0.0745. The predicted octanol–water partition coefficient (Wildman–Crippen LogP) is 3.60. The molecule has 8 heteroatoms. The maximum Gasteiger partial charge on any atom is 0.243 e. The molecule has 2 aliphatic heterocycles. The average molecular weight is 488 g/mol. The number of rotatable bonds is 6. The maximum absolute atomic E-state index is 13.2. The van der Waals surface area contributed by atoms with Crippen LogP contribution in [-0.4, -0.2) is 74.2 Å². The summed E-state index contributed by atoms with van der Waals surface area (Å²) in [6, 6.07) is 16.4. The van der Waals surface area contributed by atoms with Crippen LogP contribution in [0.2, 0.25) is 5.02 Å². The summed E-state index contributed by atoms with van der Waals surface area (Å²) in [6.07, 6.45) is 5.70. The number of hydrogen-bond acceptors (Lipinski definition) is 4. The fraction of sp³-hybridized carbons (Fsp3) is 0.400. The Morgan fingerprint density at radius 2 is 1.67 bits per heavy atom. The molecular formula is C25H30ClN3O3S. The summed E-state index contributed by atoms with van der Waals surface area (Å²) >= 11 is 5.90. The second kappa shape index (κ2) is 10.8. The van der Waals surface area contributed by atoms with E-state index in [1.807, 2.05) is 23.1 Å². The van der Waals surface area contributed by atoms with Crippen LogP contribution in [-0.2, 0) is 14.8 Å². The highest BCUT2D eigenvalue weighted by atomic mass is 35.5. The summed E-state index contributed by atoms with van der Waals surface area (Å²) in [5.74, 6) is -0.212. The normalized spacial score (nSPS) is 20.9. The molecule has 2 saturated heterocycles. The number of carbonyl (C=O) groups is 1. The Hall–Kier alpha value is -2.19. The Morgan fingerprint density at radius 3 is 2.36 bits per heavy atom. The topological polar surface area (TPSA) is 60.9 Å². The Kier molecular flexibility index (Phi) is 7.86. The van der Waals surface area contributed by atoms with E-state index in [0.717, 1.165) is 26.1 Å². The first-order valence-electron chi connectivity index (χ1n) is 11.4. The fourth-order valence-electron chi connectivity index (χ4n) is 4.43. The zero-order chi connectivity index (χ0) is 23.3. The molecule has 0 bridgehead atoms. The van der Waals surface area contributed by atoms with Gasteiger partial charge in [0.1, 0.15) is 0 Å². The Morgan fingerprint density at radius 1 is 0.970 bits per heavy atom.